The highest BCUT2D eigenvalue weighted by atomic mass is 16.5. The fourth-order valence-corrected chi connectivity index (χ4v) is 3.13. The van der Waals surface area contributed by atoms with Gasteiger partial charge in [-0.3, -0.25) is 0 Å². The summed E-state index contributed by atoms with van der Waals surface area (Å²) in [5.41, 5.74) is 3.05. The van der Waals surface area contributed by atoms with Crippen molar-refractivity contribution < 1.29 is 4.74 Å². The molecule has 0 aliphatic heterocycles. The van der Waals surface area contributed by atoms with Gasteiger partial charge in [-0.2, -0.15) is 0 Å². The van der Waals surface area contributed by atoms with E-state index in [1.807, 2.05) is 0 Å². The molecule has 1 atom stereocenters. The highest BCUT2D eigenvalue weighted by molar-refractivity contribution is 5.29. The van der Waals surface area contributed by atoms with E-state index in [2.05, 4.69) is 29.2 Å². The van der Waals surface area contributed by atoms with Crippen LogP contribution in [0.25, 0.3) is 0 Å². The molecule has 0 aromatic carbocycles. The van der Waals surface area contributed by atoms with Crippen molar-refractivity contribution in [1.82, 2.24) is 9.88 Å². The van der Waals surface area contributed by atoms with Crippen LogP contribution in [0.15, 0.2) is 12.4 Å². The second-order valence-corrected chi connectivity index (χ2v) is 6.45. The number of nitrogens with one attached hydrogen (secondary N) is 1. The summed E-state index contributed by atoms with van der Waals surface area (Å²) in [5, 5.41) is 3.71. The van der Waals surface area contributed by atoms with Crippen LogP contribution in [0.4, 0.5) is 0 Å². The van der Waals surface area contributed by atoms with Gasteiger partial charge in [-0.15, -0.1) is 0 Å². The maximum Gasteiger partial charge on any atom is 0.122 e. The fourth-order valence-electron chi connectivity index (χ4n) is 3.13. The molecule has 2 aliphatic rings. The molecule has 0 radical (unpaired) electrons. The molecule has 20 heavy (non-hydrogen) atoms. The van der Waals surface area contributed by atoms with Gasteiger partial charge in [-0.25, -0.2) is 0 Å². The molecule has 2 aliphatic carbocycles. The molecule has 3 heteroatoms. The predicted octanol–water partition coefficient (Wildman–Crippen LogP) is 3.64. The van der Waals surface area contributed by atoms with Gasteiger partial charge in [0.25, 0.3) is 0 Å². The first-order valence-corrected chi connectivity index (χ1v) is 8.36. The smallest absolute Gasteiger partial charge is 0.122 e. The number of fused-ring (bicyclic) bond motifs is 1. The molecule has 1 unspecified atom stereocenters. The van der Waals surface area contributed by atoms with E-state index in [9.17, 15) is 0 Å². The maximum absolute atomic E-state index is 5.81. The Morgan fingerprint density at radius 1 is 1.25 bits per heavy atom. The lowest BCUT2D eigenvalue weighted by atomic mass is 10.0. The summed E-state index contributed by atoms with van der Waals surface area (Å²) in [6, 6.07) is 0.553. The first-order chi connectivity index (χ1) is 9.86. The molecule has 1 saturated carbocycles. The molecule has 3 rings (SSSR count). The minimum atomic E-state index is 0.553. The summed E-state index contributed by atoms with van der Waals surface area (Å²) in [7, 11) is 0. The Hall–Kier alpha value is -0.800. The molecule has 3 nitrogen and oxygen atoms in total. The van der Waals surface area contributed by atoms with E-state index in [-0.39, 0.29) is 0 Å². The van der Waals surface area contributed by atoms with Crippen molar-refractivity contribution in [1.29, 1.82) is 0 Å². The largest absolute Gasteiger partial charge is 0.361 e. The zero-order valence-corrected chi connectivity index (χ0v) is 12.7. The molecule has 1 heterocycles. The van der Waals surface area contributed by atoms with E-state index in [1.165, 1.54) is 56.1 Å². The lowest BCUT2D eigenvalue weighted by molar-refractivity contribution is 0.0690. The second-order valence-electron chi connectivity index (χ2n) is 6.45. The van der Waals surface area contributed by atoms with Gasteiger partial charge >= 0.3 is 0 Å². The molecule has 1 fully saturated rings. The van der Waals surface area contributed by atoms with E-state index in [0.29, 0.717) is 6.04 Å². The summed E-state index contributed by atoms with van der Waals surface area (Å²) < 4.78 is 8.06. The predicted molar refractivity (Wildman–Crippen MR) is 81.7 cm³/mol. The van der Waals surface area contributed by atoms with Crippen LogP contribution in [0.3, 0.4) is 0 Å². The van der Waals surface area contributed by atoms with Crippen molar-refractivity contribution in [3.05, 3.63) is 23.5 Å². The highest BCUT2D eigenvalue weighted by Gasteiger charge is 2.22. The van der Waals surface area contributed by atoms with Crippen molar-refractivity contribution in [2.45, 2.75) is 64.6 Å². The molecule has 0 saturated heterocycles. The van der Waals surface area contributed by atoms with Crippen molar-refractivity contribution in [3.63, 3.8) is 0 Å². The van der Waals surface area contributed by atoms with Gasteiger partial charge in [0.1, 0.15) is 6.73 Å². The molecular weight excluding hydrogens is 248 g/mol. The lowest BCUT2D eigenvalue weighted by Gasteiger charge is -2.16. The van der Waals surface area contributed by atoms with Crippen LogP contribution in [0, 0.1) is 5.92 Å². The Bertz CT molecular complexity index is 423. The van der Waals surface area contributed by atoms with E-state index in [4.69, 9.17) is 4.74 Å². The number of ether oxygens (including phenoxy) is 1. The SMILES string of the molecule is CCCNC1CCCCc2cn(COCC3CC3)cc21. The molecule has 0 amide bonds. The van der Waals surface area contributed by atoms with Crippen LogP contribution < -0.4 is 5.32 Å². The van der Waals surface area contributed by atoms with E-state index >= 15 is 0 Å². The Morgan fingerprint density at radius 3 is 2.95 bits per heavy atom. The fraction of sp³-hybridized carbons (Fsp3) is 0.765. The highest BCUT2D eigenvalue weighted by Crippen LogP contribution is 2.30. The summed E-state index contributed by atoms with van der Waals surface area (Å²) >= 11 is 0. The standard InChI is InChI=1S/C17H28N2O/c1-2-9-18-17-6-4-3-5-15-10-19(11-16(15)17)13-20-12-14-7-8-14/h10-11,14,17-18H,2-9,12-13H2,1H3. The van der Waals surface area contributed by atoms with E-state index in [0.717, 1.165) is 25.8 Å². The van der Waals surface area contributed by atoms with E-state index < -0.39 is 0 Å². The van der Waals surface area contributed by atoms with Crippen molar-refractivity contribution >= 4 is 0 Å². The number of hydrogen-bond acceptors (Lipinski definition) is 2. The first-order valence-electron chi connectivity index (χ1n) is 8.36. The van der Waals surface area contributed by atoms with Crippen LogP contribution in [0.5, 0.6) is 0 Å². The average Bonchev–Trinajstić information content (AvgIpc) is 3.21. The number of aryl methyl sites for hydroxylation is 1. The summed E-state index contributed by atoms with van der Waals surface area (Å²) in [6.07, 6.45) is 13.7. The van der Waals surface area contributed by atoms with Crippen LogP contribution in [0.1, 0.15) is 62.6 Å². The minimum Gasteiger partial charge on any atom is -0.361 e. The van der Waals surface area contributed by atoms with Crippen LogP contribution >= 0.6 is 0 Å². The van der Waals surface area contributed by atoms with Crippen LogP contribution in [0.2, 0.25) is 0 Å². The number of rotatable bonds is 7. The topological polar surface area (TPSA) is 26.2 Å². The minimum absolute atomic E-state index is 0.553. The molecule has 0 spiro atoms. The molecular formula is C17H28N2O. The second kappa shape index (κ2) is 6.77. The lowest BCUT2D eigenvalue weighted by Crippen LogP contribution is -2.21. The summed E-state index contributed by atoms with van der Waals surface area (Å²) in [6.45, 7) is 5.03. The van der Waals surface area contributed by atoms with Gasteiger partial charge in [0.15, 0.2) is 0 Å². The Kier molecular flexibility index (Phi) is 4.79. The maximum atomic E-state index is 5.81. The van der Waals surface area contributed by atoms with Gasteiger partial charge in [-0.1, -0.05) is 13.3 Å². The van der Waals surface area contributed by atoms with Crippen molar-refractivity contribution in [2.24, 2.45) is 5.92 Å². The quantitative estimate of drug-likeness (QED) is 0.770. The van der Waals surface area contributed by atoms with Gasteiger partial charge in [0, 0.05) is 18.4 Å². The normalized spacial score (nSPS) is 22.6. The Morgan fingerprint density at radius 2 is 2.15 bits per heavy atom. The third-order valence-electron chi connectivity index (χ3n) is 4.49. The molecule has 0 bridgehead atoms. The van der Waals surface area contributed by atoms with Crippen LogP contribution in [-0.4, -0.2) is 17.7 Å². The number of hydrogen-bond donors (Lipinski definition) is 1. The van der Waals surface area contributed by atoms with Crippen LogP contribution in [-0.2, 0) is 17.9 Å². The Balaban J connectivity index is 1.62. The first kappa shape index (κ1) is 14.2. The van der Waals surface area contributed by atoms with Gasteiger partial charge in [0.05, 0.1) is 6.61 Å². The zero-order chi connectivity index (χ0) is 13.8. The molecule has 112 valence electrons. The number of nitrogens with zero attached hydrogens (tertiary/aromatic N) is 1. The summed E-state index contributed by atoms with van der Waals surface area (Å²) in [5.74, 6) is 0.849. The zero-order valence-electron chi connectivity index (χ0n) is 12.7. The van der Waals surface area contributed by atoms with Crippen molar-refractivity contribution in [3.8, 4) is 0 Å². The van der Waals surface area contributed by atoms with Crippen molar-refractivity contribution in [2.75, 3.05) is 13.2 Å². The van der Waals surface area contributed by atoms with Gasteiger partial charge < -0.3 is 14.6 Å². The third-order valence-corrected chi connectivity index (χ3v) is 4.49. The third kappa shape index (κ3) is 3.64. The average molecular weight is 276 g/mol. The van der Waals surface area contributed by atoms with E-state index in [1.54, 1.807) is 0 Å². The molecule has 1 aromatic heterocycles. The number of aromatic nitrogens is 1. The Labute approximate surface area is 122 Å². The monoisotopic (exact) mass is 276 g/mol. The molecule has 1 aromatic rings. The summed E-state index contributed by atoms with van der Waals surface area (Å²) in [4.78, 5) is 0. The van der Waals surface area contributed by atoms with Gasteiger partial charge in [0.2, 0.25) is 0 Å². The van der Waals surface area contributed by atoms with Gasteiger partial charge in [-0.05, 0) is 62.1 Å². The molecule has 1 N–H and O–H groups in total.